The minimum atomic E-state index is -0.358. The van der Waals surface area contributed by atoms with E-state index in [4.69, 9.17) is 9.15 Å². The predicted octanol–water partition coefficient (Wildman–Crippen LogP) is 3.05. The second-order valence-electron chi connectivity index (χ2n) is 3.36. The van der Waals surface area contributed by atoms with E-state index in [-0.39, 0.29) is 12.6 Å². The quantitative estimate of drug-likeness (QED) is 0.584. The Labute approximate surface area is 93.3 Å². The van der Waals surface area contributed by atoms with Crippen LogP contribution in [0.5, 0.6) is 0 Å². The van der Waals surface area contributed by atoms with Gasteiger partial charge in [-0.2, -0.15) is 0 Å². The number of fused-ring (bicyclic) bond motifs is 1. The fraction of sp³-hybridized carbons (Fsp3) is 0.154. The van der Waals surface area contributed by atoms with E-state index in [0.717, 1.165) is 11.0 Å². The lowest BCUT2D eigenvalue weighted by molar-refractivity contribution is -0.139. The maximum atomic E-state index is 11.1. The van der Waals surface area contributed by atoms with Gasteiger partial charge in [0.2, 0.25) is 0 Å². The highest BCUT2D eigenvalue weighted by atomic mass is 16.5. The van der Waals surface area contributed by atoms with Crippen molar-refractivity contribution in [2.24, 2.45) is 0 Å². The van der Waals surface area contributed by atoms with Gasteiger partial charge >= 0.3 is 5.97 Å². The van der Waals surface area contributed by atoms with Gasteiger partial charge < -0.3 is 9.15 Å². The number of carbonyl (C=O) groups excluding carboxylic acids is 1. The number of furan rings is 1. The van der Waals surface area contributed by atoms with Crippen LogP contribution in [-0.4, -0.2) is 5.97 Å². The van der Waals surface area contributed by atoms with Crippen molar-refractivity contribution < 1.29 is 13.9 Å². The molecule has 0 aliphatic heterocycles. The summed E-state index contributed by atoms with van der Waals surface area (Å²) in [5.41, 5.74) is 0.805. The molecule has 3 heteroatoms. The van der Waals surface area contributed by atoms with Crippen molar-refractivity contribution in [2.45, 2.75) is 13.5 Å². The van der Waals surface area contributed by atoms with Gasteiger partial charge in [-0.05, 0) is 19.1 Å². The van der Waals surface area contributed by atoms with Gasteiger partial charge in [-0.1, -0.05) is 24.3 Å². The van der Waals surface area contributed by atoms with Crippen LogP contribution in [0.2, 0.25) is 0 Å². The zero-order valence-electron chi connectivity index (χ0n) is 8.97. The zero-order valence-corrected chi connectivity index (χ0v) is 8.97. The number of allylic oxidation sites excluding steroid dienone is 1. The second-order valence-corrected chi connectivity index (χ2v) is 3.36. The molecule has 3 nitrogen and oxygen atoms in total. The zero-order chi connectivity index (χ0) is 11.4. The third kappa shape index (κ3) is 2.31. The van der Waals surface area contributed by atoms with Gasteiger partial charge in [0.15, 0.2) is 0 Å². The van der Waals surface area contributed by atoms with Gasteiger partial charge in [-0.15, -0.1) is 0 Å². The van der Waals surface area contributed by atoms with Crippen LogP contribution in [-0.2, 0) is 16.1 Å². The van der Waals surface area contributed by atoms with Crippen LogP contribution in [0.1, 0.15) is 12.7 Å². The molecule has 0 saturated heterocycles. The highest BCUT2D eigenvalue weighted by molar-refractivity contribution is 5.82. The molecule has 1 heterocycles. The number of rotatable bonds is 3. The molecule has 2 rings (SSSR count). The molecule has 0 unspecified atom stereocenters. The van der Waals surface area contributed by atoms with E-state index >= 15 is 0 Å². The predicted molar refractivity (Wildman–Crippen MR) is 60.8 cm³/mol. The molecule has 0 saturated carbocycles. The minimum Gasteiger partial charge on any atom is -0.457 e. The molecule has 0 spiro atoms. The van der Waals surface area contributed by atoms with Crippen molar-refractivity contribution in [3.8, 4) is 0 Å². The van der Waals surface area contributed by atoms with Gasteiger partial charge in [0, 0.05) is 11.5 Å². The lowest BCUT2D eigenvalue weighted by atomic mass is 10.2. The molecule has 0 bridgehead atoms. The Morgan fingerprint density at radius 3 is 3.00 bits per heavy atom. The maximum absolute atomic E-state index is 11.1. The van der Waals surface area contributed by atoms with E-state index in [0.29, 0.717) is 5.76 Å². The smallest absolute Gasteiger partial charge is 0.330 e. The molecule has 82 valence electrons. The van der Waals surface area contributed by atoms with Crippen LogP contribution in [0.25, 0.3) is 11.0 Å². The third-order valence-electron chi connectivity index (χ3n) is 2.14. The summed E-state index contributed by atoms with van der Waals surface area (Å²) in [5, 5.41) is 1.01. The Balaban J connectivity index is 2.07. The van der Waals surface area contributed by atoms with E-state index in [9.17, 15) is 4.79 Å². The Bertz CT molecular complexity index is 490. The number of esters is 1. The minimum absolute atomic E-state index is 0.165. The van der Waals surface area contributed by atoms with E-state index < -0.39 is 0 Å². The molecular weight excluding hydrogens is 204 g/mol. The van der Waals surface area contributed by atoms with Gasteiger partial charge in [-0.3, -0.25) is 0 Å². The number of para-hydroxylation sites is 1. The molecule has 0 amide bonds. The van der Waals surface area contributed by atoms with Crippen LogP contribution >= 0.6 is 0 Å². The maximum Gasteiger partial charge on any atom is 0.330 e. The summed E-state index contributed by atoms with van der Waals surface area (Å²) < 4.78 is 10.5. The van der Waals surface area contributed by atoms with Crippen LogP contribution in [0, 0.1) is 0 Å². The standard InChI is InChI=1S/C13H12O3/c1-2-5-13(14)15-9-11-8-10-6-3-4-7-12(10)16-11/h2-8H,9H2,1H3. The summed E-state index contributed by atoms with van der Waals surface area (Å²) in [4.78, 5) is 11.1. The highest BCUT2D eigenvalue weighted by Gasteiger charge is 2.04. The molecule has 1 aromatic carbocycles. The van der Waals surface area contributed by atoms with Crippen molar-refractivity contribution in [1.29, 1.82) is 0 Å². The summed E-state index contributed by atoms with van der Waals surface area (Å²) in [5.74, 6) is 0.294. The summed E-state index contributed by atoms with van der Waals surface area (Å²) in [7, 11) is 0. The summed E-state index contributed by atoms with van der Waals surface area (Å²) in [6, 6.07) is 9.55. The topological polar surface area (TPSA) is 39.4 Å². The number of hydrogen-bond acceptors (Lipinski definition) is 3. The number of carbonyl (C=O) groups is 1. The van der Waals surface area contributed by atoms with Gasteiger partial charge in [0.05, 0.1) is 0 Å². The summed E-state index contributed by atoms with van der Waals surface area (Å²) in [6.45, 7) is 1.93. The first-order valence-electron chi connectivity index (χ1n) is 5.06. The number of ether oxygens (including phenoxy) is 1. The summed E-state index contributed by atoms with van der Waals surface area (Å²) >= 11 is 0. The van der Waals surface area contributed by atoms with E-state index in [1.54, 1.807) is 13.0 Å². The SMILES string of the molecule is CC=CC(=O)OCc1cc2ccccc2o1. The largest absolute Gasteiger partial charge is 0.457 e. The molecular formula is C13H12O3. The Kier molecular flexibility index (Phi) is 3.05. The summed E-state index contributed by atoms with van der Waals surface area (Å²) in [6.07, 6.45) is 3.02. The molecule has 0 aliphatic carbocycles. The average Bonchev–Trinajstić information content (AvgIpc) is 2.69. The fourth-order valence-corrected chi connectivity index (χ4v) is 1.43. The highest BCUT2D eigenvalue weighted by Crippen LogP contribution is 2.19. The van der Waals surface area contributed by atoms with Crippen molar-refractivity contribution in [1.82, 2.24) is 0 Å². The van der Waals surface area contributed by atoms with Crippen LogP contribution < -0.4 is 0 Å². The van der Waals surface area contributed by atoms with Gasteiger partial charge in [-0.25, -0.2) is 4.79 Å². The normalized spacial score (nSPS) is 11.1. The Morgan fingerprint density at radius 1 is 1.44 bits per heavy atom. The molecule has 1 aromatic heterocycles. The molecule has 16 heavy (non-hydrogen) atoms. The van der Waals surface area contributed by atoms with Crippen molar-refractivity contribution in [2.75, 3.05) is 0 Å². The first-order valence-corrected chi connectivity index (χ1v) is 5.06. The fourth-order valence-electron chi connectivity index (χ4n) is 1.43. The van der Waals surface area contributed by atoms with Crippen molar-refractivity contribution in [3.63, 3.8) is 0 Å². The van der Waals surface area contributed by atoms with Crippen LogP contribution in [0.3, 0.4) is 0 Å². The first-order chi connectivity index (χ1) is 7.79. The first kappa shape index (κ1) is 10.5. The number of benzene rings is 1. The monoisotopic (exact) mass is 216 g/mol. The van der Waals surface area contributed by atoms with E-state index in [1.807, 2.05) is 30.3 Å². The van der Waals surface area contributed by atoms with Crippen LogP contribution in [0.4, 0.5) is 0 Å². The Morgan fingerprint density at radius 2 is 2.25 bits per heavy atom. The van der Waals surface area contributed by atoms with Crippen LogP contribution in [0.15, 0.2) is 46.9 Å². The molecule has 0 fully saturated rings. The lowest BCUT2D eigenvalue weighted by Crippen LogP contribution is -1.99. The molecule has 0 atom stereocenters. The van der Waals surface area contributed by atoms with Gasteiger partial charge in [0.1, 0.15) is 18.0 Å². The molecule has 0 aliphatic rings. The Hall–Kier alpha value is -2.03. The molecule has 2 aromatic rings. The lowest BCUT2D eigenvalue weighted by Gasteiger charge is -1.97. The van der Waals surface area contributed by atoms with Crippen molar-refractivity contribution in [3.05, 3.63) is 48.2 Å². The average molecular weight is 216 g/mol. The third-order valence-corrected chi connectivity index (χ3v) is 2.14. The van der Waals surface area contributed by atoms with E-state index in [1.165, 1.54) is 6.08 Å². The number of hydrogen-bond donors (Lipinski definition) is 0. The van der Waals surface area contributed by atoms with Crippen molar-refractivity contribution >= 4 is 16.9 Å². The second kappa shape index (κ2) is 4.66. The van der Waals surface area contributed by atoms with Gasteiger partial charge in [0.25, 0.3) is 0 Å². The molecule has 0 N–H and O–H groups in total. The van der Waals surface area contributed by atoms with E-state index in [2.05, 4.69) is 0 Å². The molecule has 0 radical (unpaired) electrons.